The minimum Gasteiger partial charge on any atom is -0.444 e. The van der Waals surface area contributed by atoms with Crippen LogP contribution in [0.1, 0.15) is 34.1 Å². The van der Waals surface area contributed by atoms with Crippen molar-refractivity contribution in [3.8, 4) is 0 Å². The van der Waals surface area contributed by atoms with E-state index in [4.69, 9.17) is 9.47 Å². The van der Waals surface area contributed by atoms with Crippen LogP contribution in [0.15, 0.2) is 0 Å². The standard InChI is InChI=1S/C16H33N3O3/c1-6-14(13-21-5)17-7-8-18-9-11-19(12-10-18)15(20)22-16(2,3)4/h14,17H,6-13H2,1-5H3. The molecule has 1 heterocycles. The Labute approximate surface area is 135 Å². The predicted molar refractivity (Wildman–Crippen MR) is 88.2 cm³/mol. The molecular formula is C16H33N3O3. The zero-order valence-electron chi connectivity index (χ0n) is 14.9. The van der Waals surface area contributed by atoms with Crippen molar-refractivity contribution in [1.29, 1.82) is 0 Å². The van der Waals surface area contributed by atoms with E-state index in [1.54, 1.807) is 12.0 Å². The van der Waals surface area contributed by atoms with Crippen LogP contribution in [0.2, 0.25) is 0 Å². The van der Waals surface area contributed by atoms with Crippen LogP contribution < -0.4 is 5.32 Å². The monoisotopic (exact) mass is 315 g/mol. The molecule has 0 aliphatic carbocycles. The Morgan fingerprint density at radius 3 is 2.36 bits per heavy atom. The maximum absolute atomic E-state index is 12.0. The molecule has 22 heavy (non-hydrogen) atoms. The number of ether oxygens (including phenoxy) is 2. The second-order valence-corrected chi connectivity index (χ2v) is 6.82. The van der Waals surface area contributed by atoms with Crippen LogP contribution in [0.3, 0.4) is 0 Å². The highest BCUT2D eigenvalue weighted by atomic mass is 16.6. The van der Waals surface area contributed by atoms with Gasteiger partial charge in [-0.15, -0.1) is 0 Å². The second kappa shape index (κ2) is 9.33. The maximum atomic E-state index is 12.0. The third-order valence-electron chi connectivity index (χ3n) is 3.75. The third-order valence-corrected chi connectivity index (χ3v) is 3.75. The lowest BCUT2D eigenvalue weighted by Gasteiger charge is -2.35. The smallest absolute Gasteiger partial charge is 0.410 e. The van der Waals surface area contributed by atoms with Crippen molar-refractivity contribution in [3.63, 3.8) is 0 Å². The van der Waals surface area contributed by atoms with E-state index >= 15 is 0 Å². The molecular weight excluding hydrogens is 282 g/mol. The van der Waals surface area contributed by atoms with Gasteiger partial charge >= 0.3 is 6.09 Å². The van der Waals surface area contributed by atoms with Gasteiger partial charge in [0.1, 0.15) is 5.60 Å². The first-order chi connectivity index (χ1) is 10.4. The highest BCUT2D eigenvalue weighted by Crippen LogP contribution is 2.11. The molecule has 1 fully saturated rings. The summed E-state index contributed by atoms with van der Waals surface area (Å²) in [4.78, 5) is 16.2. The zero-order valence-corrected chi connectivity index (χ0v) is 14.9. The predicted octanol–water partition coefficient (Wildman–Crippen LogP) is 1.55. The number of hydrogen-bond donors (Lipinski definition) is 1. The summed E-state index contributed by atoms with van der Waals surface area (Å²) >= 11 is 0. The lowest BCUT2D eigenvalue weighted by atomic mass is 10.2. The Bertz CT molecular complexity index is 323. The van der Waals surface area contributed by atoms with Gasteiger partial charge in [-0.25, -0.2) is 4.79 Å². The van der Waals surface area contributed by atoms with Crippen LogP contribution in [-0.2, 0) is 9.47 Å². The molecule has 0 aromatic heterocycles. The van der Waals surface area contributed by atoms with Gasteiger partial charge in [0, 0.05) is 52.4 Å². The molecule has 130 valence electrons. The number of amides is 1. The van der Waals surface area contributed by atoms with Crippen molar-refractivity contribution in [2.24, 2.45) is 0 Å². The molecule has 6 nitrogen and oxygen atoms in total. The molecule has 6 heteroatoms. The van der Waals surface area contributed by atoms with Gasteiger partial charge in [-0.2, -0.15) is 0 Å². The fourth-order valence-corrected chi connectivity index (χ4v) is 2.43. The Kier molecular flexibility index (Phi) is 8.14. The van der Waals surface area contributed by atoms with E-state index in [-0.39, 0.29) is 6.09 Å². The highest BCUT2D eigenvalue weighted by Gasteiger charge is 2.25. The summed E-state index contributed by atoms with van der Waals surface area (Å²) in [6.07, 6.45) is 0.872. The summed E-state index contributed by atoms with van der Waals surface area (Å²) in [5, 5.41) is 3.51. The molecule has 0 saturated carbocycles. The topological polar surface area (TPSA) is 54.0 Å². The van der Waals surface area contributed by atoms with E-state index in [0.717, 1.165) is 52.3 Å². The van der Waals surface area contributed by atoms with Crippen LogP contribution in [0, 0.1) is 0 Å². The van der Waals surface area contributed by atoms with Crippen LogP contribution in [0.25, 0.3) is 0 Å². The number of nitrogens with zero attached hydrogens (tertiary/aromatic N) is 2. The average molecular weight is 315 g/mol. The molecule has 0 bridgehead atoms. The Hall–Kier alpha value is -0.850. The number of rotatable bonds is 7. The van der Waals surface area contributed by atoms with Crippen LogP contribution in [0.4, 0.5) is 4.79 Å². The largest absolute Gasteiger partial charge is 0.444 e. The molecule has 1 atom stereocenters. The van der Waals surface area contributed by atoms with Crippen molar-refractivity contribution >= 4 is 6.09 Å². The minimum absolute atomic E-state index is 0.198. The lowest BCUT2D eigenvalue weighted by molar-refractivity contribution is 0.0145. The van der Waals surface area contributed by atoms with E-state index in [0.29, 0.717) is 6.04 Å². The van der Waals surface area contributed by atoms with Gasteiger partial charge in [-0.1, -0.05) is 6.92 Å². The van der Waals surface area contributed by atoms with E-state index in [1.807, 2.05) is 20.8 Å². The average Bonchev–Trinajstić information content (AvgIpc) is 2.45. The summed E-state index contributed by atoms with van der Waals surface area (Å²) in [5.41, 5.74) is -0.422. The summed E-state index contributed by atoms with van der Waals surface area (Å²) in [7, 11) is 1.74. The van der Waals surface area contributed by atoms with Gasteiger partial charge < -0.3 is 19.7 Å². The molecule has 1 rings (SSSR count). The molecule has 0 aromatic carbocycles. The molecule has 1 aliphatic heterocycles. The molecule has 0 spiro atoms. The van der Waals surface area contributed by atoms with Crippen LogP contribution in [0.5, 0.6) is 0 Å². The maximum Gasteiger partial charge on any atom is 0.410 e. The molecule has 1 unspecified atom stereocenters. The molecule has 0 radical (unpaired) electrons. The molecule has 1 amide bonds. The molecule has 1 N–H and O–H groups in total. The summed E-state index contributed by atoms with van der Waals surface area (Å²) in [5.74, 6) is 0. The van der Waals surface area contributed by atoms with Crippen molar-refractivity contribution < 1.29 is 14.3 Å². The van der Waals surface area contributed by atoms with Gasteiger partial charge in [-0.05, 0) is 27.2 Å². The van der Waals surface area contributed by atoms with Gasteiger partial charge in [0.15, 0.2) is 0 Å². The first kappa shape index (κ1) is 19.2. The van der Waals surface area contributed by atoms with E-state index in [2.05, 4.69) is 17.1 Å². The van der Waals surface area contributed by atoms with Crippen molar-refractivity contribution in [3.05, 3.63) is 0 Å². The van der Waals surface area contributed by atoms with E-state index in [9.17, 15) is 4.79 Å². The molecule has 0 aromatic rings. The normalized spacial score (nSPS) is 18.3. The van der Waals surface area contributed by atoms with E-state index in [1.165, 1.54) is 0 Å². The summed E-state index contributed by atoms with van der Waals surface area (Å²) < 4.78 is 10.6. The van der Waals surface area contributed by atoms with Crippen LogP contribution >= 0.6 is 0 Å². The number of hydrogen-bond acceptors (Lipinski definition) is 5. The van der Waals surface area contributed by atoms with Crippen LogP contribution in [-0.4, -0.2) is 80.5 Å². The first-order valence-corrected chi connectivity index (χ1v) is 8.28. The SMILES string of the molecule is CCC(COC)NCCN1CCN(C(=O)OC(C)(C)C)CC1. The number of carbonyl (C=O) groups is 1. The van der Waals surface area contributed by atoms with Gasteiger partial charge in [0.2, 0.25) is 0 Å². The Morgan fingerprint density at radius 2 is 1.86 bits per heavy atom. The number of piperazine rings is 1. The zero-order chi connectivity index (χ0) is 16.6. The number of nitrogens with one attached hydrogen (secondary N) is 1. The number of methoxy groups -OCH3 is 1. The third kappa shape index (κ3) is 7.42. The summed E-state index contributed by atoms with van der Waals surface area (Å²) in [6.45, 7) is 13.9. The lowest BCUT2D eigenvalue weighted by Crippen LogP contribution is -2.51. The quantitative estimate of drug-likeness (QED) is 0.772. The van der Waals surface area contributed by atoms with Crippen molar-refractivity contribution in [1.82, 2.24) is 15.1 Å². The van der Waals surface area contributed by atoms with Gasteiger partial charge in [0.25, 0.3) is 0 Å². The number of carbonyl (C=O) groups excluding carboxylic acids is 1. The Balaban J connectivity index is 2.21. The first-order valence-electron chi connectivity index (χ1n) is 8.28. The van der Waals surface area contributed by atoms with Gasteiger partial charge in [0.05, 0.1) is 6.61 Å². The van der Waals surface area contributed by atoms with Crippen molar-refractivity contribution in [2.75, 3.05) is 53.0 Å². The summed E-state index contributed by atoms with van der Waals surface area (Å²) in [6, 6.07) is 0.424. The van der Waals surface area contributed by atoms with Gasteiger partial charge in [-0.3, -0.25) is 4.90 Å². The van der Waals surface area contributed by atoms with Crippen molar-refractivity contribution in [2.45, 2.75) is 45.8 Å². The second-order valence-electron chi connectivity index (χ2n) is 6.82. The minimum atomic E-state index is -0.422. The fourth-order valence-electron chi connectivity index (χ4n) is 2.43. The highest BCUT2D eigenvalue weighted by molar-refractivity contribution is 5.68. The molecule has 1 aliphatic rings. The Morgan fingerprint density at radius 1 is 1.23 bits per heavy atom. The fraction of sp³-hybridized carbons (Fsp3) is 0.938. The van der Waals surface area contributed by atoms with E-state index < -0.39 is 5.60 Å². The molecule has 1 saturated heterocycles.